The van der Waals surface area contributed by atoms with Gasteiger partial charge in [0.05, 0.1) is 0 Å². The van der Waals surface area contributed by atoms with E-state index in [1.165, 1.54) is 0 Å². The number of hydrogen-bond acceptors (Lipinski definition) is 4. The second-order valence-corrected chi connectivity index (χ2v) is 5.44. The molecule has 7 heteroatoms. The molecule has 0 radical (unpaired) electrons. The minimum absolute atomic E-state index is 0. The van der Waals surface area contributed by atoms with Gasteiger partial charge >= 0.3 is 0 Å². The molecule has 1 atom stereocenters. The van der Waals surface area contributed by atoms with E-state index >= 15 is 0 Å². The number of carbonyl (C=O) groups excluding carboxylic acids is 1. The molecule has 4 nitrogen and oxygen atoms in total. The Morgan fingerprint density at radius 3 is 2.46 bits per heavy atom. The molecule has 0 aliphatic rings. The lowest BCUT2D eigenvalue weighted by molar-refractivity contribution is 0.0951. The van der Waals surface area contributed by atoms with Crippen LogP contribution in [0.2, 0.25) is 0 Å². The molecule has 0 bridgehead atoms. The van der Waals surface area contributed by atoms with Gasteiger partial charge in [0, 0.05) is 36.1 Å². The second kappa shape index (κ2) is 12.0. The average molecular weight is 388 g/mol. The van der Waals surface area contributed by atoms with E-state index in [1.807, 2.05) is 48.5 Å². The summed E-state index contributed by atoms with van der Waals surface area (Å²) >= 11 is 4.15. The van der Waals surface area contributed by atoms with Crippen LogP contribution < -0.4 is 16.4 Å². The van der Waals surface area contributed by atoms with E-state index in [0.29, 0.717) is 24.4 Å². The maximum Gasteiger partial charge on any atom is 0.251 e. The van der Waals surface area contributed by atoms with Crippen LogP contribution in [-0.4, -0.2) is 24.2 Å². The molecular formula is C17H23Cl2N3OS. The summed E-state index contributed by atoms with van der Waals surface area (Å²) in [5.41, 5.74) is 8.39. The Bertz CT molecular complexity index is 614. The number of nitrogens with two attached hydrogens (primary N) is 1. The zero-order valence-corrected chi connectivity index (χ0v) is 15.7. The molecule has 2 aromatic rings. The third-order valence-electron chi connectivity index (χ3n) is 3.22. The van der Waals surface area contributed by atoms with E-state index in [1.54, 1.807) is 6.07 Å². The minimum Gasteiger partial charge on any atom is -0.383 e. The molecule has 0 saturated heterocycles. The standard InChI is InChI=1S/C17H21N3OS.2ClH/c18-15(12-22)11-19-16-8-4-7-14(9-16)17(21)20-10-13-5-2-1-3-6-13;;/h1-9,15,19,22H,10-12,18H2,(H,20,21);2*1H/t15-;;/m1../s1. The van der Waals surface area contributed by atoms with Crippen molar-refractivity contribution in [3.63, 3.8) is 0 Å². The quantitative estimate of drug-likeness (QED) is 0.551. The molecule has 2 rings (SSSR count). The monoisotopic (exact) mass is 387 g/mol. The van der Waals surface area contributed by atoms with Crippen LogP contribution in [0.3, 0.4) is 0 Å². The first-order valence-electron chi connectivity index (χ1n) is 7.21. The molecule has 0 saturated carbocycles. The molecule has 0 unspecified atom stereocenters. The molecule has 24 heavy (non-hydrogen) atoms. The van der Waals surface area contributed by atoms with Gasteiger partial charge in [0.2, 0.25) is 0 Å². The van der Waals surface area contributed by atoms with Gasteiger partial charge in [-0.3, -0.25) is 4.79 Å². The Morgan fingerprint density at radius 2 is 1.79 bits per heavy atom. The largest absolute Gasteiger partial charge is 0.383 e. The number of thiol groups is 1. The molecule has 0 aliphatic heterocycles. The zero-order valence-electron chi connectivity index (χ0n) is 13.1. The van der Waals surface area contributed by atoms with Crippen LogP contribution in [-0.2, 0) is 6.54 Å². The van der Waals surface area contributed by atoms with E-state index in [9.17, 15) is 4.79 Å². The maximum atomic E-state index is 12.2. The lowest BCUT2D eigenvalue weighted by atomic mass is 10.1. The molecule has 4 N–H and O–H groups in total. The van der Waals surface area contributed by atoms with E-state index < -0.39 is 0 Å². The van der Waals surface area contributed by atoms with Crippen LogP contribution in [0.1, 0.15) is 15.9 Å². The fourth-order valence-corrected chi connectivity index (χ4v) is 2.09. The lowest BCUT2D eigenvalue weighted by Gasteiger charge is -2.12. The summed E-state index contributed by atoms with van der Waals surface area (Å²) in [5, 5.41) is 6.13. The number of rotatable bonds is 7. The molecule has 0 aliphatic carbocycles. The Balaban J connectivity index is 0.00000264. The van der Waals surface area contributed by atoms with Gasteiger partial charge in [-0.25, -0.2) is 0 Å². The van der Waals surface area contributed by atoms with Crippen LogP contribution in [0.5, 0.6) is 0 Å². The van der Waals surface area contributed by atoms with Crippen LogP contribution >= 0.6 is 37.4 Å². The summed E-state index contributed by atoms with van der Waals surface area (Å²) in [7, 11) is 0. The topological polar surface area (TPSA) is 67.1 Å². The number of carbonyl (C=O) groups is 1. The molecular weight excluding hydrogens is 365 g/mol. The summed E-state index contributed by atoms with van der Waals surface area (Å²) in [5.74, 6) is 0.524. The first-order chi connectivity index (χ1) is 10.7. The van der Waals surface area contributed by atoms with Gasteiger partial charge < -0.3 is 16.4 Å². The lowest BCUT2D eigenvalue weighted by Crippen LogP contribution is -2.30. The van der Waals surface area contributed by atoms with Crippen molar-refractivity contribution in [3.05, 3.63) is 65.7 Å². The maximum absolute atomic E-state index is 12.2. The van der Waals surface area contributed by atoms with Gasteiger partial charge in [-0.1, -0.05) is 36.4 Å². The van der Waals surface area contributed by atoms with Gasteiger partial charge in [-0.05, 0) is 23.8 Å². The Labute approximate surface area is 160 Å². The number of anilines is 1. The van der Waals surface area contributed by atoms with Crippen molar-refractivity contribution in [1.29, 1.82) is 0 Å². The summed E-state index contributed by atoms with van der Waals surface area (Å²) in [6.07, 6.45) is 0. The average Bonchev–Trinajstić information content (AvgIpc) is 2.58. The third kappa shape index (κ3) is 7.45. The van der Waals surface area contributed by atoms with Gasteiger partial charge in [-0.15, -0.1) is 24.8 Å². The van der Waals surface area contributed by atoms with E-state index in [0.717, 1.165) is 11.3 Å². The summed E-state index contributed by atoms with van der Waals surface area (Å²) in [6.45, 7) is 1.14. The highest BCUT2D eigenvalue weighted by Crippen LogP contribution is 2.11. The van der Waals surface area contributed by atoms with Crippen molar-refractivity contribution < 1.29 is 4.79 Å². The van der Waals surface area contributed by atoms with E-state index in [4.69, 9.17) is 5.73 Å². The highest BCUT2D eigenvalue weighted by atomic mass is 35.5. The molecule has 0 fully saturated rings. The molecule has 0 heterocycles. The molecule has 132 valence electrons. The van der Waals surface area contributed by atoms with Crippen molar-refractivity contribution in [2.75, 3.05) is 17.6 Å². The SMILES string of the molecule is Cl.Cl.N[C@@H](CS)CNc1cccc(C(=O)NCc2ccccc2)c1. The van der Waals surface area contributed by atoms with Crippen LogP contribution in [0, 0.1) is 0 Å². The molecule has 2 aromatic carbocycles. The Morgan fingerprint density at radius 1 is 1.08 bits per heavy atom. The number of halogens is 2. The zero-order chi connectivity index (χ0) is 15.8. The summed E-state index contributed by atoms with van der Waals surface area (Å²) in [6, 6.07) is 17.2. The highest BCUT2D eigenvalue weighted by Gasteiger charge is 2.06. The van der Waals surface area contributed by atoms with E-state index in [2.05, 4.69) is 23.3 Å². The van der Waals surface area contributed by atoms with Crippen molar-refractivity contribution in [2.45, 2.75) is 12.6 Å². The van der Waals surface area contributed by atoms with Gasteiger partial charge in [0.15, 0.2) is 0 Å². The third-order valence-corrected chi connectivity index (χ3v) is 3.69. The van der Waals surface area contributed by atoms with Crippen molar-refractivity contribution in [2.24, 2.45) is 5.73 Å². The first-order valence-corrected chi connectivity index (χ1v) is 7.85. The second-order valence-electron chi connectivity index (χ2n) is 5.07. The van der Waals surface area contributed by atoms with Crippen molar-refractivity contribution in [1.82, 2.24) is 5.32 Å². The predicted molar refractivity (Wildman–Crippen MR) is 109 cm³/mol. The van der Waals surface area contributed by atoms with Crippen LogP contribution in [0.4, 0.5) is 5.69 Å². The highest BCUT2D eigenvalue weighted by molar-refractivity contribution is 7.80. The number of nitrogens with one attached hydrogen (secondary N) is 2. The molecule has 1 amide bonds. The fraction of sp³-hybridized carbons (Fsp3) is 0.235. The normalized spacial score (nSPS) is 10.8. The molecule has 0 spiro atoms. The van der Waals surface area contributed by atoms with Gasteiger partial charge in [0.25, 0.3) is 5.91 Å². The van der Waals surface area contributed by atoms with Crippen LogP contribution in [0.25, 0.3) is 0 Å². The molecule has 0 aromatic heterocycles. The predicted octanol–water partition coefficient (Wildman–Crippen LogP) is 3.13. The summed E-state index contributed by atoms with van der Waals surface area (Å²) in [4.78, 5) is 12.2. The fourth-order valence-electron chi connectivity index (χ4n) is 1.96. The summed E-state index contributed by atoms with van der Waals surface area (Å²) < 4.78 is 0. The first kappa shape index (κ1) is 22.6. The van der Waals surface area contributed by atoms with Crippen molar-refractivity contribution >= 4 is 49.0 Å². The van der Waals surface area contributed by atoms with Crippen LogP contribution in [0.15, 0.2) is 54.6 Å². The van der Waals surface area contributed by atoms with Gasteiger partial charge in [0.1, 0.15) is 0 Å². The minimum atomic E-state index is -0.0917. The Kier molecular flexibility index (Phi) is 11.3. The number of hydrogen-bond donors (Lipinski definition) is 4. The van der Waals surface area contributed by atoms with Gasteiger partial charge in [-0.2, -0.15) is 12.6 Å². The number of amides is 1. The smallest absolute Gasteiger partial charge is 0.251 e. The van der Waals surface area contributed by atoms with E-state index in [-0.39, 0.29) is 36.8 Å². The van der Waals surface area contributed by atoms with Crippen molar-refractivity contribution in [3.8, 4) is 0 Å². The number of benzene rings is 2. The Hall–Kier alpha value is -1.40.